The number of benzene rings is 2. The smallest absolute Gasteiger partial charge is 0.416 e. The summed E-state index contributed by atoms with van der Waals surface area (Å²) in [6, 6.07) is 10.6. The number of esters is 1. The average molecular weight is 486 g/mol. The first-order valence-electron chi connectivity index (χ1n) is 10.4. The Kier molecular flexibility index (Phi) is 7.44. The number of carbonyl (C=O) groups is 3. The number of carbonyl (C=O) groups excluding carboxylic acids is 3. The maximum absolute atomic E-state index is 13.3. The highest BCUT2D eigenvalue weighted by Crippen LogP contribution is 2.37. The van der Waals surface area contributed by atoms with Crippen molar-refractivity contribution < 1.29 is 32.3 Å². The Morgan fingerprint density at radius 2 is 1.94 bits per heavy atom. The zero-order valence-corrected chi connectivity index (χ0v) is 18.8. The molecule has 3 rings (SSSR count). The Hall–Kier alpha value is -4.33. The van der Waals surface area contributed by atoms with E-state index in [-0.39, 0.29) is 30.1 Å². The second kappa shape index (κ2) is 10.3. The summed E-state index contributed by atoms with van der Waals surface area (Å²) in [5.74, 6) is -0.812. The van der Waals surface area contributed by atoms with Crippen LogP contribution in [0.5, 0.6) is 0 Å². The summed E-state index contributed by atoms with van der Waals surface area (Å²) in [6.07, 6.45) is -4.06. The number of allylic oxidation sites excluding steroid dienone is 1. The number of hydrogen-bond donors (Lipinski definition) is 1. The molecule has 1 atom stereocenters. The molecule has 35 heavy (non-hydrogen) atoms. The summed E-state index contributed by atoms with van der Waals surface area (Å²) in [7, 11) is 1.50. The van der Waals surface area contributed by atoms with Gasteiger partial charge in [-0.05, 0) is 42.8 Å². The molecule has 8 nitrogen and oxygen atoms in total. The molecule has 0 spiro atoms. The van der Waals surface area contributed by atoms with E-state index in [4.69, 9.17) is 10.00 Å². The summed E-state index contributed by atoms with van der Waals surface area (Å²) in [4.78, 5) is 39.2. The number of amides is 3. The van der Waals surface area contributed by atoms with Gasteiger partial charge in [-0.1, -0.05) is 18.2 Å². The molecule has 0 fully saturated rings. The fraction of sp³-hybridized carbons (Fsp3) is 0.250. The molecule has 1 aliphatic rings. The molecule has 1 aliphatic heterocycles. The van der Waals surface area contributed by atoms with Crippen LogP contribution in [0.25, 0.3) is 0 Å². The van der Waals surface area contributed by atoms with Gasteiger partial charge in [-0.25, -0.2) is 9.59 Å². The van der Waals surface area contributed by atoms with Gasteiger partial charge in [0.05, 0.1) is 41.0 Å². The third kappa shape index (κ3) is 5.60. The molecule has 1 heterocycles. The van der Waals surface area contributed by atoms with Crippen LogP contribution in [-0.2, 0) is 20.5 Å². The Morgan fingerprint density at radius 1 is 1.26 bits per heavy atom. The van der Waals surface area contributed by atoms with Gasteiger partial charge in [0.1, 0.15) is 6.61 Å². The lowest BCUT2D eigenvalue weighted by Gasteiger charge is -2.35. The molecular weight excluding hydrogens is 465 g/mol. The van der Waals surface area contributed by atoms with E-state index in [1.807, 2.05) is 6.07 Å². The highest BCUT2D eigenvalue weighted by Gasteiger charge is 2.38. The Morgan fingerprint density at radius 3 is 2.54 bits per heavy atom. The number of anilines is 1. The van der Waals surface area contributed by atoms with Crippen LogP contribution in [0.4, 0.5) is 23.7 Å². The summed E-state index contributed by atoms with van der Waals surface area (Å²) >= 11 is 0. The quantitative estimate of drug-likeness (QED) is 0.474. The van der Waals surface area contributed by atoms with Crippen LogP contribution in [0.1, 0.15) is 29.7 Å². The van der Waals surface area contributed by atoms with Crippen molar-refractivity contribution in [2.75, 3.05) is 25.1 Å². The van der Waals surface area contributed by atoms with Crippen LogP contribution in [-0.4, -0.2) is 43.5 Å². The Bertz CT molecular complexity index is 1200. The van der Waals surface area contributed by atoms with Gasteiger partial charge < -0.3 is 15.0 Å². The van der Waals surface area contributed by atoms with Crippen molar-refractivity contribution in [3.8, 4) is 6.07 Å². The largest absolute Gasteiger partial charge is 0.460 e. The number of rotatable bonds is 7. The number of nitriles is 1. The zero-order valence-electron chi connectivity index (χ0n) is 18.8. The van der Waals surface area contributed by atoms with Crippen molar-refractivity contribution in [3.63, 3.8) is 0 Å². The number of likely N-dealkylation sites (N-methyl/N-ethyl adjacent to an activating group) is 1. The number of hydrogen-bond acceptors (Lipinski definition) is 5. The van der Waals surface area contributed by atoms with Crippen molar-refractivity contribution >= 4 is 24.1 Å². The van der Waals surface area contributed by atoms with E-state index in [1.165, 1.54) is 43.1 Å². The first kappa shape index (κ1) is 25.3. The van der Waals surface area contributed by atoms with Crippen molar-refractivity contribution in [1.82, 2.24) is 10.2 Å². The van der Waals surface area contributed by atoms with Gasteiger partial charge in [0.25, 0.3) is 0 Å². The van der Waals surface area contributed by atoms with Crippen LogP contribution in [0.2, 0.25) is 0 Å². The number of alkyl halides is 3. The molecule has 2 aromatic rings. The van der Waals surface area contributed by atoms with Crippen LogP contribution in [0.15, 0.2) is 59.8 Å². The molecule has 0 saturated heterocycles. The summed E-state index contributed by atoms with van der Waals surface area (Å²) in [5.41, 5.74) is -0.123. The Balaban J connectivity index is 2.06. The highest BCUT2D eigenvalue weighted by molar-refractivity contribution is 6.03. The molecule has 0 radical (unpaired) electrons. The van der Waals surface area contributed by atoms with Crippen LogP contribution in [0, 0.1) is 11.3 Å². The lowest BCUT2D eigenvalue weighted by Crippen LogP contribution is -2.48. The molecule has 1 unspecified atom stereocenters. The number of halogens is 3. The van der Waals surface area contributed by atoms with Gasteiger partial charge in [0.2, 0.25) is 6.41 Å². The minimum atomic E-state index is -4.63. The van der Waals surface area contributed by atoms with E-state index in [1.54, 1.807) is 12.1 Å². The predicted octanol–water partition coefficient (Wildman–Crippen LogP) is 3.75. The van der Waals surface area contributed by atoms with Gasteiger partial charge in [-0.2, -0.15) is 18.4 Å². The second-order valence-electron chi connectivity index (χ2n) is 7.72. The monoisotopic (exact) mass is 486 g/mol. The summed E-state index contributed by atoms with van der Waals surface area (Å²) in [6.45, 7) is 1.42. The van der Waals surface area contributed by atoms with Gasteiger partial charge in [-0.15, -0.1) is 0 Å². The predicted molar refractivity (Wildman–Crippen MR) is 119 cm³/mol. The highest BCUT2D eigenvalue weighted by atomic mass is 19.4. The van der Waals surface area contributed by atoms with Crippen molar-refractivity contribution in [2.45, 2.75) is 19.1 Å². The molecular formula is C24H21F3N4O4. The third-order valence-corrected chi connectivity index (χ3v) is 5.37. The third-order valence-electron chi connectivity index (χ3n) is 5.37. The number of urea groups is 1. The molecule has 0 aromatic heterocycles. The van der Waals surface area contributed by atoms with E-state index in [0.29, 0.717) is 17.5 Å². The van der Waals surface area contributed by atoms with E-state index < -0.39 is 29.8 Å². The van der Waals surface area contributed by atoms with Crippen molar-refractivity contribution in [2.24, 2.45) is 0 Å². The molecule has 3 amide bonds. The van der Waals surface area contributed by atoms with E-state index >= 15 is 0 Å². The van der Waals surface area contributed by atoms with Gasteiger partial charge in [-0.3, -0.25) is 9.69 Å². The second-order valence-corrected chi connectivity index (χ2v) is 7.72. The standard InChI is InChI=1S/C24H21F3N4O4/c1-15-20(22(33)35-11-10-30(2)14-32)21(17-8-6-16(13-28)7-9-17)29-23(34)31(15)19-5-3-4-18(12-19)24(25,26)27/h3-9,12,14,21H,10-11H2,1-2H3,(H,29,34). The number of nitrogens with one attached hydrogen (secondary N) is 1. The lowest BCUT2D eigenvalue weighted by atomic mass is 9.94. The van der Waals surface area contributed by atoms with E-state index in [0.717, 1.165) is 17.0 Å². The molecule has 1 N–H and O–H groups in total. The molecule has 2 aromatic carbocycles. The fourth-order valence-corrected chi connectivity index (χ4v) is 3.55. The van der Waals surface area contributed by atoms with E-state index in [2.05, 4.69) is 5.32 Å². The van der Waals surface area contributed by atoms with Crippen LogP contribution >= 0.6 is 0 Å². The maximum Gasteiger partial charge on any atom is 0.416 e. The molecule has 0 bridgehead atoms. The zero-order chi connectivity index (χ0) is 25.8. The molecule has 11 heteroatoms. The minimum Gasteiger partial charge on any atom is -0.460 e. The van der Waals surface area contributed by atoms with Crippen molar-refractivity contribution in [1.29, 1.82) is 5.26 Å². The van der Waals surface area contributed by atoms with E-state index in [9.17, 15) is 27.6 Å². The normalized spacial score (nSPS) is 15.8. The van der Waals surface area contributed by atoms with Gasteiger partial charge in [0, 0.05) is 12.7 Å². The topological polar surface area (TPSA) is 103 Å². The first-order valence-corrected chi connectivity index (χ1v) is 10.4. The minimum absolute atomic E-state index is 0.000440. The summed E-state index contributed by atoms with van der Waals surface area (Å²) in [5, 5.41) is 11.7. The number of ether oxygens (including phenoxy) is 1. The lowest BCUT2D eigenvalue weighted by molar-refractivity contribution is -0.140. The van der Waals surface area contributed by atoms with Gasteiger partial charge >= 0.3 is 18.2 Å². The average Bonchev–Trinajstić information content (AvgIpc) is 2.83. The van der Waals surface area contributed by atoms with Crippen molar-refractivity contribution in [3.05, 3.63) is 76.5 Å². The fourth-order valence-electron chi connectivity index (χ4n) is 3.55. The first-order chi connectivity index (χ1) is 16.6. The summed E-state index contributed by atoms with van der Waals surface area (Å²) < 4.78 is 45.1. The van der Waals surface area contributed by atoms with Crippen LogP contribution < -0.4 is 10.2 Å². The number of nitrogens with zero attached hydrogens (tertiary/aromatic N) is 3. The maximum atomic E-state index is 13.3. The van der Waals surface area contributed by atoms with Crippen LogP contribution in [0.3, 0.4) is 0 Å². The van der Waals surface area contributed by atoms with Gasteiger partial charge in [0.15, 0.2) is 0 Å². The Labute approximate surface area is 199 Å². The SMILES string of the molecule is CC1=C(C(=O)OCCN(C)C=O)C(c2ccc(C#N)cc2)NC(=O)N1c1cccc(C(F)(F)F)c1. The molecule has 0 saturated carbocycles. The molecule has 0 aliphatic carbocycles. The molecule has 182 valence electrons.